The molecule has 2 nitrogen and oxygen atoms in total. The van der Waals surface area contributed by atoms with Gasteiger partial charge in [0.2, 0.25) is 0 Å². The molecule has 0 amide bonds. The van der Waals surface area contributed by atoms with Crippen LogP contribution in [0.25, 0.3) is 5.57 Å². The van der Waals surface area contributed by atoms with Gasteiger partial charge in [-0.05, 0) is 62.1 Å². The van der Waals surface area contributed by atoms with Crippen LogP contribution in [0.5, 0.6) is 0 Å². The molecule has 0 atom stereocenters. The fourth-order valence-corrected chi connectivity index (χ4v) is 2.51. The largest absolute Gasteiger partial charge is 0.370 e. The Kier molecular flexibility index (Phi) is 6.56. The smallest absolute Gasteiger partial charge is 0.129 e. The topological polar surface area (TPSA) is 24.4 Å². The van der Waals surface area contributed by atoms with Crippen LogP contribution >= 0.6 is 0 Å². The molecule has 0 fully saturated rings. The molecule has 2 aromatic carbocycles. The lowest BCUT2D eigenvalue weighted by molar-refractivity contribution is 0.962. The molecule has 2 aromatic rings. The molecule has 0 saturated carbocycles. The first-order chi connectivity index (χ1) is 11.7. The van der Waals surface area contributed by atoms with E-state index < -0.39 is 0 Å². The molecule has 0 aromatic heterocycles. The second-order valence-electron chi connectivity index (χ2n) is 5.71. The first-order valence-electron chi connectivity index (χ1n) is 8.44. The van der Waals surface area contributed by atoms with Crippen LogP contribution in [-0.4, -0.2) is 12.4 Å². The average Bonchev–Trinajstić information content (AvgIpc) is 2.61. The van der Waals surface area contributed by atoms with Gasteiger partial charge < -0.3 is 5.32 Å². The molecule has 0 aliphatic carbocycles. The normalized spacial score (nSPS) is 13.1. The predicted octanol–water partition coefficient (Wildman–Crippen LogP) is 5.68. The summed E-state index contributed by atoms with van der Waals surface area (Å²) < 4.78 is 0. The summed E-state index contributed by atoms with van der Waals surface area (Å²) in [4.78, 5) is 4.84. The number of nitrogens with one attached hydrogen (secondary N) is 1. The Morgan fingerprint density at radius 1 is 1.04 bits per heavy atom. The Morgan fingerprint density at radius 3 is 2.33 bits per heavy atom. The Balaban J connectivity index is 2.38. The quantitative estimate of drug-likeness (QED) is 0.428. The van der Waals surface area contributed by atoms with Crippen LogP contribution < -0.4 is 5.32 Å². The Morgan fingerprint density at radius 2 is 1.71 bits per heavy atom. The lowest BCUT2D eigenvalue weighted by Crippen LogP contribution is -2.23. The summed E-state index contributed by atoms with van der Waals surface area (Å²) >= 11 is 0. The van der Waals surface area contributed by atoms with E-state index in [9.17, 15) is 0 Å². The molecule has 0 spiro atoms. The van der Waals surface area contributed by atoms with Gasteiger partial charge in [-0.15, -0.1) is 0 Å². The number of allylic oxidation sites excluding steroid dienone is 3. The van der Waals surface area contributed by atoms with E-state index in [1.54, 1.807) is 0 Å². The fraction of sp³-hybridized carbons (Fsp3) is 0.227. The first-order valence-corrected chi connectivity index (χ1v) is 8.44. The van der Waals surface area contributed by atoms with Crippen LogP contribution in [0.4, 0.5) is 5.69 Å². The number of nitrogens with zero attached hydrogens (tertiary/aromatic N) is 1. The molecular weight excluding hydrogens is 292 g/mol. The van der Waals surface area contributed by atoms with Crippen LogP contribution in [-0.2, 0) is 0 Å². The van der Waals surface area contributed by atoms with Gasteiger partial charge in [0.25, 0.3) is 0 Å². The maximum atomic E-state index is 4.84. The highest BCUT2D eigenvalue weighted by Crippen LogP contribution is 2.21. The van der Waals surface area contributed by atoms with Crippen molar-refractivity contribution in [3.63, 3.8) is 0 Å². The monoisotopic (exact) mass is 318 g/mol. The molecule has 2 rings (SSSR count). The van der Waals surface area contributed by atoms with Crippen LogP contribution in [0.2, 0.25) is 0 Å². The van der Waals surface area contributed by atoms with Gasteiger partial charge in [-0.3, -0.25) is 0 Å². The molecule has 0 heterocycles. The average molecular weight is 318 g/mol. The lowest BCUT2D eigenvalue weighted by Gasteiger charge is -2.11. The van der Waals surface area contributed by atoms with Crippen molar-refractivity contribution < 1.29 is 0 Å². The van der Waals surface area contributed by atoms with E-state index in [0.717, 1.165) is 23.6 Å². The molecule has 24 heavy (non-hydrogen) atoms. The van der Waals surface area contributed by atoms with E-state index in [1.807, 2.05) is 24.3 Å². The van der Waals surface area contributed by atoms with Gasteiger partial charge in [0, 0.05) is 6.54 Å². The number of aliphatic imine (C=N–C) groups is 1. The van der Waals surface area contributed by atoms with Crippen molar-refractivity contribution in [3.05, 3.63) is 83.4 Å². The summed E-state index contributed by atoms with van der Waals surface area (Å²) in [6.45, 7) is 9.19. The second kappa shape index (κ2) is 8.88. The summed E-state index contributed by atoms with van der Waals surface area (Å²) in [5, 5.41) is 3.39. The Labute approximate surface area is 145 Å². The van der Waals surface area contributed by atoms with E-state index in [2.05, 4.69) is 75.5 Å². The first kappa shape index (κ1) is 17.7. The Bertz CT molecular complexity index is 753. The summed E-state index contributed by atoms with van der Waals surface area (Å²) in [5.74, 6) is 0.919. The predicted molar refractivity (Wildman–Crippen MR) is 106 cm³/mol. The molecule has 0 aliphatic rings. The molecule has 1 N–H and O–H groups in total. The standard InChI is InChI=1S/C22H26N2/c1-5-19(20-13-8-7-9-14-20)16-18(4)22(23-6-2)24-21-15-11-10-12-17(21)3/h5,7-16H,6H2,1-4H3,(H,23,24)/b18-16+,19-5+. The van der Waals surface area contributed by atoms with Gasteiger partial charge in [0.05, 0.1) is 5.69 Å². The van der Waals surface area contributed by atoms with Crippen LogP contribution in [0.1, 0.15) is 31.9 Å². The van der Waals surface area contributed by atoms with Crippen molar-refractivity contribution in [1.82, 2.24) is 5.32 Å². The molecule has 0 unspecified atom stereocenters. The third-order valence-corrected chi connectivity index (χ3v) is 3.86. The second-order valence-corrected chi connectivity index (χ2v) is 5.71. The number of hydrogen-bond donors (Lipinski definition) is 1. The van der Waals surface area contributed by atoms with Crippen molar-refractivity contribution in [2.75, 3.05) is 6.54 Å². The van der Waals surface area contributed by atoms with Crippen molar-refractivity contribution in [2.45, 2.75) is 27.7 Å². The van der Waals surface area contributed by atoms with Gasteiger partial charge in [-0.2, -0.15) is 0 Å². The van der Waals surface area contributed by atoms with Gasteiger partial charge >= 0.3 is 0 Å². The zero-order valence-electron chi connectivity index (χ0n) is 15.0. The molecule has 0 saturated heterocycles. The minimum atomic E-state index is 0.840. The van der Waals surface area contributed by atoms with E-state index in [1.165, 1.54) is 16.7 Å². The molecule has 0 aliphatic heterocycles. The number of para-hydroxylation sites is 1. The number of amidine groups is 1. The number of benzene rings is 2. The minimum Gasteiger partial charge on any atom is -0.370 e. The van der Waals surface area contributed by atoms with Crippen LogP contribution in [0.15, 0.2) is 77.3 Å². The van der Waals surface area contributed by atoms with Gasteiger partial charge in [-0.1, -0.05) is 54.6 Å². The number of hydrogen-bond acceptors (Lipinski definition) is 1. The van der Waals surface area contributed by atoms with Crippen LogP contribution in [0, 0.1) is 6.92 Å². The van der Waals surface area contributed by atoms with Crippen molar-refractivity contribution in [3.8, 4) is 0 Å². The molecule has 0 radical (unpaired) electrons. The fourth-order valence-electron chi connectivity index (χ4n) is 2.51. The minimum absolute atomic E-state index is 0.840. The van der Waals surface area contributed by atoms with Crippen molar-refractivity contribution in [2.24, 2.45) is 4.99 Å². The summed E-state index contributed by atoms with van der Waals surface area (Å²) in [7, 11) is 0. The van der Waals surface area contributed by atoms with Gasteiger partial charge in [-0.25, -0.2) is 4.99 Å². The molecular formula is C22H26N2. The molecule has 2 heteroatoms. The van der Waals surface area contributed by atoms with Crippen molar-refractivity contribution >= 4 is 17.1 Å². The summed E-state index contributed by atoms with van der Waals surface area (Å²) in [6, 6.07) is 18.6. The van der Waals surface area contributed by atoms with Gasteiger partial charge in [0.15, 0.2) is 0 Å². The van der Waals surface area contributed by atoms with Crippen molar-refractivity contribution in [1.29, 1.82) is 0 Å². The summed E-state index contributed by atoms with van der Waals surface area (Å²) in [6.07, 6.45) is 4.32. The van der Waals surface area contributed by atoms with E-state index in [4.69, 9.17) is 4.99 Å². The number of rotatable bonds is 5. The zero-order chi connectivity index (χ0) is 17.4. The maximum absolute atomic E-state index is 4.84. The highest BCUT2D eigenvalue weighted by Gasteiger charge is 2.05. The molecule has 0 bridgehead atoms. The van der Waals surface area contributed by atoms with E-state index in [0.29, 0.717) is 0 Å². The Hall–Kier alpha value is -2.61. The highest BCUT2D eigenvalue weighted by atomic mass is 15.0. The SMILES string of the molecule is C\C=C(/C=C(C)/C(=N\c1ccccc1C)NCC)c1ccccc1. The van der Waals surface area contributed by atoms with Crippen LogP contribution in [0.3, 0.4) is 0 Å². The maximum Gasteiger partial charge on any atom is 0.129 e. The summed E-state index contributed by atoms with van der Waals surface area (Å²) in [5.41, 5.74) is 5.71. The number of aryl methyl sites for hydroxylation is 1. The zero-order valence-corrected chi connectivity index (χ0v) is 15.0. The van der Waals surface area contributed by atoms with E-state index in [-0.39, 0.29) is 0 Å². The third kappa shape index (κ3) is 4.69. The number of likely N-dealkylation sites (N-methyl/N-ethyl adjacent to an activating group) is 1. The lowest BCUT2D eigenvalue weighted by atomic mass is 10.0. The third-order valence-electron chi connectivity index (χ3n) is 3.86. The van der Waals surface area contributed by atoms with E-state index >= 15 is 0 Å². The molecule has 124 valence electrons. The highest BCUT2D eigenvalue weighted by molar-refractivity contribution is 6.01. The van der Waals surface area contributed by atoms with Gasteiger partial charge in [0.1, 0.15) is 5.84 Å².